The number of β-amino-alcohol motifs (C(OH)–C–C–N with tert-alkyl or cyclic N) is 1. The van der Waals surface area contributed by atoms with Gasteiger partial charge in [0.25, 0.3) is 0 Å². The molecule has 0 spiro atoms. The van der Waals surface area contributed by atoms with E-state index in [4.69, 9.17) is 33.7 Å². The number of aliphatic hydroxyl groups is 1. The fourth-order valence-corrected chi connectivity index (χ4v) is 1.75. The van der Waals surface area contributed by atoms with Gasteiger partial charge in [-0.15, -0.1) is 0 Å². The predicted octanol–water partition coefficient (Wildman–Crippen LogP) is 2.70. The first-order valence-corrected chi connectivity index (χ1v) is 6.75. The molecule has 4 nitrogen and oxygen atoms in total. The van der Waals surface area contributed by atoms with Gasteiger partial charge in [-0.1, -0.05) is 23.2 Å². The minimum Gasteiger partial charge on any atom is -0.489 e. The van der Waals surface area contributed by atoms with Crippen LogP contribution in [0.5, 0.6) is 5.75 Å². The van der Waals surface area contributed by atoms with Gasteiger partial charge >= 0.3 is 0 Å². The van der Waals surface area contributed by atoms with Gasteiger partial charge in [-0.25, -0.2) is 0 Å². The Labute approximate surface area is 123 Å². The van der Waals surface area contributed by atoms with Gasteiger partial charge in [-0.05, 0) is 32.9 Å². The first-order valence-electron chi connectivity index (χ1n) is 6.00. The molecule has 1 aromatic carbocycles. The molecular formula is C13H20Cl2N2O2. The fourth-order valence-electron chi connectivity index (χ4n) is 1.33. The zero-order chi connectivity index (χ0) is 14.6. The molecule has 0 fully saturated rings. The summed E-state index contributed by atoms with van der Waals surface area (Å²) in [5, 5.41) is 13.6. The second-order valence-corrected chi connectivity index (χ2v) is 6.15. The summed E-state index contributed by atoms with van der Waals surface area (Å²) in [5.41, 5.74) is 5.91. The summed E-state index contributed by atoms with van der Waals surface area (Å²) in [4.78, 5) is 0. The summed E-state index contributed by atoms with van der Waals surface area (Å²) < 4.78 is 5.44. The third-order valence-electron chi connectivity index (χ3n) is 2.39. The van der Waals surface area contributed by atoms with Crippen LogP contribution in [-0.4, -0.2) is 29.9 Å². The molecule has 0 amide bonds. The van der Waals surface area contributed by atoms with E-state index in [0.717, 1.165) is 0 Å². The van der Waals surface area contributed by atoms with Gasteiger partial charge in [0, 0.05) is 12.1 Å². The summed E-state index contributed by atoms with van der Waals surface area (Å²) in [6.45, 7) is 6.64. The molecule has 0 radical (unpaired) electrons. The van der Waals surface area contributed by atoms with Crippen LogP contribution in [0, 0.1) is 0 Å². The van der Waals surface area contributed by atoms with Crippen LogP contribution >= 0.6 is 23.2 Å². The number of benzene rings is 1. The van der Waals surface area contributed by atoms with Crippen molar-refractivity contribution in [2.75, 3.05) is 18.9 Å². The average Bonchev–Trinajstić information content (AvgIpc) is 2.32. The lowest BCUT2D eigenvalue weighted by Gasteiger charge is -2.23. The Morgan fingerprint density at radius 3 is 2.58 bits per heavy atom. The number of ether oxygens (including phenoxy) is 1. The van der Waals surface area contributed by atoms with Crippen molar-refractivity contribution in [1.29, 1.82) is 0 Å². The van der Waals surface area contributed by atoms with Gasteiger partial charge in [-0.3, -0.25) is 0 Å². The van der Waals surface area contributed by atoms with Crippen LogP contribution in [0.3, 0.4) is 0 Å². The lowest BCUT2D eigenvalue weighted by Crippen LogP contribution is -2.42. The van der Waals surface area contributed by atoms with Gasteiger partial charge in [0.15, 0.2) is 0 Å². The molecule has 0 aliphatic heterocycles. The molecule has 0 saturated carbocycles. The smallest absolute Gasteiger partial charge is 0.140 e. The number of aliphatic hydroxyl groups excluding tert-OH is 1. The highest BCUT2D eigenvalue weighted by Crippen LogP contribution is 2.35. The van der Waals surface area contributed by atoms with Crippen molar-refractivity contribution in [3.63, 3.8) is 0 Å². The Bertz CT molecular complexity index is 433. The van der Waals surface area contributed by atoms with Gasteiger partial charge in [-0.2, -0.15) is 0 Å². The van der Waals surface area contributed by atoms with E-state index < -0.39 is 6.10 Å². The van der Waals surface area contributed by atoms with E-state index in [0.29, 0.717) is 17.3 Å². The zero-order valence-electron chi connectivity index (χ0n) is 11.3. The summed E-state index contributed by atoms with van der Waals surface area (Å²) in [6, 6.07) is 3.24. The van der Waals surface area contributed by atoms with Crippen LogP contribution in [-0.2, 0) is 0 Å². The second-order valence-electron chi connectivity index (χ2n) is 5.37. The lowest BCUT2D eigenvalue weighted by molar-refractivity contribution is 0.100. The molecule has 0 aromatic heterocycles. The maximum Gasteiger partial charge on any atom is 0.140 e. The molecule has 0 aliphatic rings. The van der Waals surface area contributed by atoms with Crippen molar-refractivity contribution < 1.29 is 9.84 Å². The van der Waals surface area contributed by atoms with E-state index in [1.54, 1.807) is 12.1 Å². The molecule has 0 saturated heterocycles. The Morgan fingerprint density at radius 1 is 1.37 bits per heavy atom. The topological polar surface area (TPSA) is 67.5 Å². The first kappa shape index (κ1) is 16.4. The van der Waals surface area contributed by atoms with Crippen molar-refractivity contribution in [3.8, 4) is 5.75 Å². The lowest BCUT2D eigenvalue weighted by atomic mass is 10.1. The maximum absolute atomic E-state index is 9.80. The van der Waals surface area contributed by atoms with E-state index in [1.165, 1.54) is 0 Å². The van der Waals surface area contributed by atoms with Crippen LogP contribution in [0.4, 0.5) is 5.69 Å². The first-order chi connectivity index (χ1) is 8.70. The quantitative estimate of drug-likeness (QED) is 0.732. The van der Waals surface area contributed by atoms with Crippen LogP contribution in [0.1, 0.15) is 20.8 Å². The fraction of sp³-hybridized carbons (Fsp3) is 0.538. The molecular weight excluding hydrogens is 287 g/mol. The minimum absolute atomic E-state index is 0.0523. The summed E-state index contributed by atoms with van der Waals surface area (Å²) in [7, 11) is 0. The van der Waals surface area contributed by atoms with Gasteiger partial charge in [0.05, 0.1) is 10.7 Å². The largest absolute Gasteiger partial charge is 0.489 e. The molecule has 1 unspecified atom stereocenters. The standard InChI is InChI=1S/C13H20Cl2N2O2/c1-13(2,3)17-6-8(18)7-19-10-5-4-9(14)12(16)11(10)15/h4-5,8,17-18H,6-7,16H2,1-3H3. The summed E-state index contributed by atoms with van der Waals surface area (Å²) in [6.07, 6.45) is -0.632. The summed E-state index contributed by atoms with van der Waals surface area (Å²) in [5.74, 6) is 0.415. The molecule has 4 N–H and O–H groups in total. The normalized spacial score (nSPS) is 13.4. The van der Waals surface area contributed by atoms with E-state index in [-0.39, 0.29) is 22.9 Å². The number of hydrogen-bond donors (Lipinski definition) is 3. The number of nitrogen functional groups attached to an aromatic ring is 1. The third kappa shape index (κ3) is 5.45. The van der Waals surface area contributed by atoms with Crippen molar-refractivity contribution in [2.45, 2.75) is 32.4 Å². The summed E-state index contributed by atoms with van der Waals surface area (Å²) >= 11 is 11.8. The Hall–Kier alpha value is -0.680. The number of hydrogen-bond acceptors (Lipinski definition) is 4. The molecule has 19 heavy (non-hydrogen) atoms. The van der Waals surface area contributed by atoms with Crippen molar-refractivity contribution in [1.82, 2.24) is 5.32 Å². The van der Waals surface area contributed by atoms with Gasteiger partial charge < -0.3 is 20.9 Å². The molecule has 6 heteroatoms. The third-order valence-corrected chi connectivity index (χ3v) is 3.11. The van der Waals surface area contributed by atoms with Gasteiger partial charge in [0.2, 0.25) is 0 Å². The highest BCUT2D eigenvalue weighted by molar-refractivity contribution is 6.39. The maximum atomic E-state index is 9.80. The molecule has 1 atom stereocenters. The number of nitrogens with two attached hydrogens (primary N) is 1. The molecule has 0 aliphatic carbocycles. The van der Waals surface area contributed by atoms with E-state index >= 15 is 0 Å². The van der Waals surface area contributed by atoms with Crippen LogP contribution < -0.4 is 15.8 Å². The number of anilines is 1. The molecule has 0 heterocycles. The van der Waals surface area contributed by atoms with Gasteiger partial charge in [0.1, 0.15) is 23.5 Å². The van der Waals surface area contributed by atoms with Crippen LogP contribution in [0.25, 0.3) is 0 Å². The van der Waals surface area contributed by atoms with Crippen molar-refractivity contribution >= 4 is 28.9 Å². The minimum atomic E-state index is -0.632. The number of nitrogens with one attached hydrogen (secondary N) is 1. The predicted molar refractivity (Wildman–Crippen MR) is 80.1 cm³/mol. The Balaban J connectivity index is 2.51. The van der Waals surface area contributed by atoms with Crippen LogP contribution in [0.2, 0.25) is 10.0 Å². The van der Waals surface area contributed by atoms with Crippen molar-refractivity contribution in [2.24, 2.45) is 0 Å². The molecule has 0 bridgehead atoms. The zero-order valence-corrected chi connectivity index (χ0v) is 12.8. The van der Waals surface area contributed by atoms with Crippen LogP contribution in [0.15, 0.2) is 12.1 Å². The number of rotatable bonds is 5. The number of halogens is 2. The molecule has 1 aromatic rings. The van der Waals surface area contributed by atoms with E-state index in [9.17, 15) is 5.11 Å². The second kappa shape index (κ2) is 6.66. The Kier molecular flexibility index (Phi) is 5.74. The van der Waals surface area contributed by atoms with E-state index in [2.05, 4.69) is 5.32 Å². The van der Waals surface area contributed by atoms with Crippen molar-refractivity contribution in [3.05, 3.63) is 22.2 Å². The van der Waals surface area contributed by atoms with E-state index in [1.807, 2.05) is 20.8 Å². The monoisotopic (exact) mass is 306 g/mol. The highest BCUT2D eigenvalue weighted by atomic mass is 35.5. The molecule has 1 rings (SSSR count). The Morgan fingerprint density at radius 2 is 2.00 bits per heavy atom. The molecule has 108 valence electrons. The average molecular weight is 307 g/mol. The SMILES string of the molecule is CC(C)(C)NCC(O)COc1ccc(Cl)c(N)c1Cl. The highest BCUT2D eigenvalue weighted by Gasteiger charge is 2.14.